The van der Waals surface area contributed by atoms with E-state index < -0.39 is 0 Å². The number of nitrogens with one attached hydrogen (secondary N) is 2. The predicted molar refractivity (Wildman–Crippen MR) is 85.9 cm³/mol. The molecule has 0 spiro atoms. The molecule has 0 aliphatic rings. The Morgan fingerprint density at radius 3 is 2.62 bits per heavy atom. The Morgan fingerprint density at radius 2 is 2.00 bits per heavy atom. The summed E-state index contributed by atoms with van der Waals surface area (Å²) in [6.45, 7) is 4.50. The van der Waals surface area contributed by atoms with E-state index in [9.17, 15) is 4.79 Å². The van der Waals surface area contributed by atoms with E-state index in [0.29, 0.717) is 12.3 Å². The summed E-state index contributed by atoms with van der Waals surface area (Å²) in [5, 5.41) is 3.30. The van der Waals surface area contributed by atoms with Crippen LogP contribution in [0.5, 0.6) is 0 Å². The van der Waals surface area contributed by atoms with E-state index in [1.54, 1.807) is 7.11 Å². The second kappa shape index (κ2) is 7.09. The topological polar surface area (TPSA) is 54.1 Å². The second-order valence-corrected chi connectivity index (χ2v) is 5.08. The molecule has 0 aliphatic carbocycles. The second-order valence-electron chi connectivity index (χ2n) is 5.08. The van der Waals surface area contributed by atoms with Crippen LogP contribution in [0.3, 0.4) is 0 Å². The van der Waals surface area contributed by atoms with Gasteiger partial charge < -0.3 is 15.0 Å². The summed E-state index contributed by atoms with van der Waals surface area (Å²) < 4.78 is 5.28. The van der Waals surface area contributed by atoms with Gasteiger partial charge in [0.2, 0.25) is 0 Å². The number of benzene rings is 1. The van der Waals surface area contributed by atoms with Gasteiger partial charge in [0.25, 0.3) is 5.56 Å². The summed E-state index contributed by atoms with van der Waals surface area (Å²) >= 11 is 0. The van der Waals surface area contributed by atoms with Crippen molar-refractivity contribution in [3.8, 4) is 0 Å². The lowest BCUT2D eigenvalue weighted by molar-refractivity contribution is 0.186. The summed E-state index contributed by atoms with van der Waals surface area (Å²) in [7, 11) is 1.66. The van der Waals surface area contributed by atoms with Crippen molar-refractivity contribution in [2.75, 3.05) is 19.0 Å². The molecule has 1 heterocycles. The molecule has 0 amide bonds. The van der Waals surface area contributed by atoms with Crippen LogP contribution in [0.25, 0.3) is 0 Å². The summed E-state index contributed by atoms with van der Waals surface area (Å²) in [6.07, 6.45) is 0.886. The molecule has 0 saturated heterocycles. The Kier molecular flexibility index (Phi) is 5.17. The minimum Gasteiger partial charge on any atom is -0.382 e. The van der Waals surface area contributed by atoms with Gasteiger partial charge in [-0.2, -0.15) is 0 Å². The van der Waals surface area contributed by atoms with E-state index in [-0.39, 0.29) is 11.6 Å². The minimum atomic E-state index is -0.0956. The average Bonchev–Trinajstić information content (AvgIpc) is 2.50. The van der Waals surface area contributed by atoms with Crippen LogP contribution in [-0.4, -0.2) is 18.7 Å². The summed E-state index contributed by atoms with van der Waals surface area (Å²) in [5.74, 6) is 0. The molecular formula is C17H22N2O2. The van der Waals surface area contributed by atoms with Crippen LogP contribution >= 0.6 is 0 Å². The lowest BCUT2D eigenvalue weighted by Crippen LogP contribution is -2.22. The van der Waals surface area contributed by atoms with Crippen LogP contribution in [0.1, 0.15) is 29.8 Å². The van der Waals surface area contributed by atoms with Crippen LogP contribution in [0, 0.1) is 6.92 Å². The normalized spacial score (nSPS) is 12.1. The molecule has 0 fully saturated rings. The number of rotatable bonds is 6. The molecular weight excluding hydrogens is 264 g/mol. The molecule has 2 N–H and O–H groups in total. The highest BCUT2D eigenvalue weighted by atomic mass is 16.5. The molecule has 4 nitrogen and oxygen atoms in total. The molecule has 2 aromatic rings. The first-order chi connectivity index (χ1) is 10.2. The summed E-state index contributed by atoms with van der Waals surface area (Å²) in [4.78, 5) is 15.0. The van der Waals surface area contributed by atoms with E-state index in [1.807, 2.05) is 43.3 Å². The van der Waals surface area contributed by atoms with Gasteiger partial charge in [-0.1, -0.05) is 37.3 Å². The summed E-state index contributed by atoms with van der Waals surface area (Å²) in [5.41, 5.74) is 3.65. The van der Waals surface area contributed by atoms with E-state index >= 15 is 0 Å². The first-order valence-electron chi connectivity index (χ1n) is 7.19. The zero-order valence-electron chi connectivity index (χ0n) is 12.8. The van der Waals surface area contributed by atoms with Crippen molar-refractivity contribution in [1.29, 1.82) is 0 Å². The number of H-pyrrole nitrogens is 1. The van der Waals surface area contributed by atoms with Gasteiger partial charge in [-0.25, -0.2) is 0 Å². The van der Waals surface area contributed by atoms with Gasteiger partial charge in [-0.05, 0) is 30.5 Å². The number of aromatic amines is 1. The highest BCUT2D eigenvalue weighted by Gasteiger charge is 2.13. The third-order valence-corrected chi connectivity index (χ3v) is 3.59. The third-order valence-electron chi connectivity index (χ3n) is 3.59. The van der Waals surface area contributed by atoms with Gasteiger partial charge in [0.05, 0.1) is 12.6 Å². The Balaban J connectivity index is 2.31. The number of pyridine rings is 1. The van der Waals surface area contributed by atoms with E-state index in [0.717, 1.165) is 23.2 Å². The number of aryl methyl sites for hydroxylation is 2. The van der Waals surface area contributed by atoms with E-state index in [2.05, 4.69) is 17.2 Å². The average molecular weight is 286 g/mol. The lowest BCUT2D eigenvalue weighted by Gasteiger charge is -2.20. The molecule has 1 aromatic heterocycles. The highest BCUT2D eigenvalue weighted by Crippen LogP contribution is 2.19. The molecule has 1 aromatic carbocycles. The monoisotopic (exact) mass is 286 g/mol. The van der Waals surface area contributed by atoms with Crippen molar-refractivity contribution in [2.24, 2.45) is 0 Å². The Hall–Kier alpha value is -2.07. The summed E-state index contributed by atoms with van der Waals surface area (Å²) in [6, 6.07) is 11.9. The maximum absolute atomic E-state index is 12.1. The molecule has 4 heteroatoms. The number of hydrogen-bond donors (Lipinski definition) is 2. The quantitative estimate of drug-likeness (QED) is 0.858. The van der Waals surface area contributed by atoms with Crippen LogP contribution < -0.4 is 10.9 Å². The lowest BCUT2D eigenvalue weighted by atomic mass is 10.1. The van der Waals surface area contributed by atoms with Crippen molar-refractivity contribution in [3.63, 3.8) is 0 Å². The fourth-order valence-electron chi connectivity index (χ4n) is 2.40. The first-order valence-corrected chi connectivity index (χ1v) is 7.19. The van der Waals surface area contributed by atoms with E-state index in [1.165, 1.54) is 0 Å². The van der Waals surface area contributed by atoms with Crippen molar-refractivity contribution in [2.45, 2.75) is 26.3 Å². The van der Waals surface area contributed by atoms with Crippen molar-refractivity contribution >= 4 is 5.69 Å². The third kappa shape index (κ3) is 3.73. The molecule has 2 rings (SSSR count). The van der Waals surface area contributed by atoms with Gasteiger partial charge in [-0.3, -0.25) is 4.79 Å². The standard InChI is InChI=1S/C17H22N2O2/c1-4-13-10-15(17(20)18-12(13)2)19-16(11-21-3)14-8-6-5-7-9-14/h5-10,16,19H,4,11H2,1-3H3,(H,18,20). The number of hydrogen-bond acceptors (Lipinski definition) is 3. The first kappa shape index (κ1) is 15.3. The zero-order valence-corrected chi connectivity index (χ0v) is 12.8. The van der Waals surface area contributed by atoms with Crippen molar-refractivity contribution < 1.29 is 4.74 Å². The minimum absolute atomic E-state index is 0.0512. The van der Waals surface area contributed by atoms with Crippen LogP contribution in [0.15, 0.2) is 41.2 Å². The maximum atomic E-state index is 12.1. The van der Waals surface area contributed by atoms with Gasteiger partial charge in [0, 0.05) is 12.8 Å². The maximum Gasteiger partial charge on any atom is 0.271 e. The molecule has 0 aliphatic heterocycles. The van der Waals surface area contributed by atoms with Gasteiger partial charge >= 0.3 is 0 Å². The number of methoxy groups -OCH3 is 1. The van der Waals surface area contributed by atoms with E-state index in [4.69, 9.17) is 4.74 Å². The Bertz CT molecular complexity index is 635. The largest absolute Gasteiger partial charge is 0.382 e. The SMILES string of the molecule is CCc1cc(NC(COC)c2ccccc2)c(=O)[nH]c1C. The molecule has 1 atom stereocenters. The van der Waals surface area contributed by atoms with Gasteiger partial charge in [0.1, 0.15) is 5.69 Å². The zero-order chi connectivity index (χ0) is 15.2. The number of aromatic nitrogens is 1. The number of ether oxygens (including phenoxy) is 1. The molecule has 0 bridgehead atoms. The van der Waals surface area contributed by atoms with Gasteiger partial charge in [0.15, 0.2) is 0 Å². The molecule has 0 radical (unpaired) electrons. The molecule has 112 valence electrons. The van der Waals surface area contributed by atoms with Crippen LogP contribution in [-0.2, 0) is 11.2 Å². The fraction of sp³-hybridized carbons (Fsp3) is 0.353. The van der Waals surface area contributed by atoms with Crippen molar-refractivity contribution in [1.82, 2.24) is 4.98 Å². The van der Waals surface area contributed by atoms with Crippen molar-refractivity contribution in [3.05, 3.63) is 63.6 Å². The Morgan fingerprint density at radius 1 is 1.29 bits per heavy atom. The van der Waals surface area contributed by atoms with Gasteiger partial charge in [-0.15, -0.1) is 0 Å². The fourth-order valence-corrected chi connectivity index (χ4v) is 2.40. The Labute approximate surface area is 125 Å². The number of anilines is 1. The molecule has 21 heavy (non-hydrogen) atoms. The predicted octanol–water partition coefficient (Wildman–Crippen LogP) is 3.05. The smallest absolute Gasteiger partial charge is 0.271 e. The van der Waals surface area contributed by atoms with Crippen LogP contribution in [0.4, 0.5) is 5.69 Å². The highest BCUT2D eigenvalue weighted by molar-refractivity contribution is 5.47. The molecule has 0 saturated carbocycles. The van der Waals surface area contributed by atoms with Crippen LogP contribution in [0.2, 0.25) is 0 Å². The molecule has 1 unspecified atom stereocenters.